The molecule has 0 amide bonds. The Labute approximate surface area is 111 Å². The van der Waals surface area contributed by atoms with E-state index < -0.39 is 0 Å². The molecule has 0 radical (unpaired) electrons. The number of halogens is 1. The van der Waals surface area contributed by atoms with Crippen molar-refractivity contribution >= 4 is 17.4 Å². The Hall–Kier alpha value is -1.81. The van der Waals surface area contributed by atoms with Gasteiger partial charge < -0.3 is 10.5 Å². The van der Waals surface area contributed by atoms with Crippen LogP contribution in [-0.4, -0.2) is 17.3 Å². The lowest BCUT2D eigenvalue weighted by Crippen LogP contribution is -1.99. The Kier molecular flexibility index (Phi) is 3.67. The van der Waals surface area contributed by atoms with Crippen LogP contribution in [0.3, 0.4) is 0 Å². The largest absolute Gasteiger partial charge is 0.496 e. The first-order valence-corrected chi connectivity index (χ1v) is 5.99. The number of nitrogens with zero attached hydrogens (tertiary/aromatic N) is 2. The maximum atomic E-state index is 5.87. The van der Waals surface area contributed by atoms with Crippen molar-refractivity contribution in [3.8, 4) is 16.9 Å². The summed E-state index contributed by atoms with van der Waals surface area (Å²) in [5.74, 6) is 1.08. The van der Waals surface area contributed by atoms with Crippen LogP contribution in [0.4, 0.5) is 5.82 Å². The van der Waals surface area contributed by atoms with E-state index in [1.807, 2.05) is 18.2 Å². The lowest BCUT2D eigenvalue weighted by atomic mass is 10.0. The third-order valence-corrected chi connectivity index (χ3v) is 2.94. The van der Waals surface area contributed by atoms with E-state index in [1.54, 1.807) is 13.2 Å². The first-order valence-electron chi connectivity index (χ1n) is 5.61. The van der Waals surface area contributed by atoms with Gasteiger partial charge in [0, 0.05) is 11.1 Å². The van der Waals surface area contributed by atoms with Gasteiger partial charge in [0.05, 0.1) is 7.11 Å². The fraction of sp³-hybridized carbons (Fsp3) is 0.231. The van der Waals surface area contributed by atoms with Crippen molar-refractivity contribution in [2.75, 3.05) is 12.8 Å². The topological polar surface area (TPSA) is 61.0 Å². The minimum atomic E-state index is 0.308. The molecule has 1 aromatic heterocycles. The van der Waals surface area contributed by atoms with Crippen LogP contribution in [0.25, 0.3) is 11.1 Å². The molecule has 0 fully saturated rings. The number of benzene rings is 1. The number of hydrogen-bond donors (Lipinski definition) is 1. The molecule has 0 saturated carbocycles. The Bertz CT molecular complexity index is 572. The maximum absolute atomic E-state index is 5.87. The molecule has 0 spiro atoms. The van der Waals surface area contributed by atoms with E-state index >= 15 is 0 Å². The van der Waals surface area contributed by atoms with E-state index in [2.05, 4.69) is 17.1 Å². The van der Waals surface area contributed by atoms with Gasteiger partial charge in [0.25, 0.3) is 0 Å². The first kappa shape index (κ1) is 12.6. The second kappa shape index (κ2) is 5.23. The molecule has 0 unspecified atom stereocenters. The molecule has 1 aromatic carbocycles. The lowest BCUT2D eigenvalue weighted by Gasteiger charge is -2.11. The normalized spacial score (nSPS) is 10.4. The third-order valence-electron chi connectivity index (χ3n) is 2.75. The van der Waals surface area contributed by atoms with Crippen molar-refractivity contribution in [1.82, 2.24) is 10.2 Å². The highest BCUT2D eigenvalue weighted by Crippen LogP contribution is 2.34. The highest BCUT2D eigenvalue weighted by Gasteiger charge is 2.12. The van der Waals surface area contributed by atoms with Gasteiger partial charge in [-0.05, 0) is 30.2 Å². The molecule has 0 bridgehead atoms. The van der Waals surface area contributed by atoms with Crippen LogP contribution in [0.1, 0.15) is 12.5 Å². The van der Waals surface area contributed by atoms with E-state index in [1.165, 1.54) is 5.56 Å². The maximum Gasteiger partial charge on any atom is 0.154 e. The van der Waals surface area contributed by atoms with Gasteiger partial charge >= 0.3 is 0 Å². The van der Waals surface area contributed by atoms with Crippen molar-refractivity contribution < 1.29 is 4.74 Å². The van der Waals surface area contributed by atoms with E-state index in [4.69, 9.17) is 22.1 Å². The van der Waals surface area contributed by atoms with Crippen molar-refractivity contribution in [3.63, 3.8) is 0 Å². The van der Waals surface area contributed by atoms with Gasteiger partial charge in [-0.25, -0.2) is 0 Å². The van der Waals surface area contributed by atoms with Crippen LogP contribution in [0.2, 0.25) is 5.15 Å². The van der Waals surface area contributed by atoms with E-state index in [-0.39, 0.29) is 0 Å². The van der Waals surface area contributed by atoms with E-state index in [0.29, 0.717) is 11.0 Å². The standard InChI is InChI=1S/C13H14ClN3O/c1-3-8-4-5-11(18-2)9(6-8)10-7-12(14)16-17-13(10)15/h4-7H,3H2,1-2H3,(H2,15,17). The first-order chi connectivity index (χ1) is 8.65. The quantitative estimate of drug-likeness (QED) is 0.925. The smallest absolute Gasteiger partial charge is 0.154 e. The number of methoxy groups -OCH3 is 1. The molecule has 2 N–H and O–H groups in total. The molecule has 0 atom stereocenters. The summed E-state index contributed by atoms with van der Waals surface area (Å²) >= 11 is 5.87. The van der Waals surface area contributed by atoms with Crippen LogP contribution < -0.4 is 10.5 Å². The zero-order chi connectivity index (χ0) is 13.1. The number of rotatable bonds is 3. The Morgan fingerprint density at radius 2 is 2.00 bits per heavy atom. The molecule has 0 saturated heterocycles. The van der Waals surface area contributed by atoms with Crippen LogP contribution in [0.5, 0.6) is 5.75 Å². The molecule has 94 valence electrons. The van der Waals surface area contributed by atoms with Crippen LogP contribution in [-0.2, 0) is 6.42 Å². The molecule has 5 heteroatoms. The molecule has 0 aliphatic carbocycles. The zero-order valence-corrected chi connectivity index (χ0v) is 11.0. The summed E-state index contributed by atoms with van der Waals surface area (Å²) in [5.41, 5.74) is 8.66. The molecule has 18 heavy (non-hydrogen) atoms. The zero-order valence-electron chi connectivity index (χ0n) is 10.3. The predicted molar refractivity (Wildman–Crippen MR) is 72.8 cm³/mol. The highest BCUT2D eigenvalue weighted by atomic mass is 35.5. The van der Waals surface area contributed by atoms with Crippen LogP contribution >= 0.6 is 11.6 Å². The SMILES string of the molecule is CCc1ccc(OC)c(-c2cc(Cl)nnc2N)c1. The van der Waals surface area contributed by atoms with Crippen molar-refractivity contribution in [2.24, 2.45) is 0 Å². The van der Waals surface area contributed by atoms with E-state index in [0.717, 1.165) is 23.3 Å². The Morgan fingerprint density at radius 1 is 1.22 bits per heavy atom. The number of aryl methyl sites for hydroxylation is 1. The van der Waals surface area contributed by atoms with Crippen molar-refractivity contribution in [1.29, 1.82) is 0 Å². The summed E-state index contributed by atoms with van der Waals surface area (Å²) < 4.78 is 5.35. The monoisotopic (exact) mass is 263 g/mol. The molecule has 1 heterocycles. The van der Waals surface area contributed by atoms with Crippen LogP contribution in [0, 0.1) is 0 Å². The second-order valence-electron chi connectivity index (χ2n) is 3.85. The van der Waals surface area contributed by atoms with Crippen LogP contribution in [0.15, 0.2) is 24.3 Å². The number of ether oxygens (including phenoxy) is 1. The summed E-state index contributed by atoms with van der Waals surface area (Å²) in [5, 5.41) is 7.85. The average molecular weight is 264 g/mol. The predicted octanol–water partition coefficient (Wildman–Crippen LogP) is 2.95. The minimum Gasteiger partial charge on any atom is -0.496 e. The highest BCUT2D eigenvalue weighted by molar-refractivity contribution is 6.29. The fourth-order valence-corrected chi connectivity index (χ4v) is 1.93. The number of nitrogen functional groups attached to an aromatic ring is 1. The summed E-state index contributed by atoms with van der Waals surface area (Å²) in [7, 11) is 1.62. The van der Waals surface area contributed by atoms with Gasteiger partial charge in [-0.1, -0.05) is 24.6 Å². The summed E-state index contributed by atoms with van der Waals surface area (Å²) in [6.45, 7) is 2.09. The molecule has 4 nitrogen and oxygen atoms in total. The molecule has 2 aromatic rings. The third kappa shape index (κ3) is 2.38. The Morgan fingerprint density at radius 3 is 2.67 bits per heavy atom. The average Bonchev–Trinajstić information content (AvgIpc) is 2.40. The lowest BCUT2D eigenvalue weighted by molar-refractivity contribution is 0.416. The molecule has 0 aliphatic rings. The number of anilines is 1. The van der Waals surface area contributed by atoms with Gasteiger partial charge in [-0.2, -0.15) is 0 Å². The number of nitrogens with two attached hydrogens (primary N) is 1. The number of hydrogen-bond acceptors (Lipinski definition) is 4. The Balaban J connectivity index is 2.64. The molecular weight excluding hydrogens is 250 g/mol. The fourth-order valence-electron chi connectivity index (χ4n) is 1.78. The van der Waals surface area contributed by atoms with Gasteiger partial charge in [0.1, 0.15) is 5.75 Å². The van der Waals surface area contributed by atoms with Gasteiger partial charge in [-0.15, -0.1) is 10.2 Å². The van der Waals surface area contributed by atoms with Crippen molar-refractivity contribution in [2.45, 2.75) is 13.3 Å². The van der Waals surface area contributed by atoms with Gasteiger partial charge in [-0.3, -0.25) is 0 Å². The van der Waals surface area contributed by atoms with Gasteiger partial charge in [0.2, 0.25) is 0 Å². The molecular formula is C13H14ClN3O. The molecule has 0 aliphatic heterocycles. The van der Waals surface area contributed by atoms with Crippen molar-refractivity contribution in [3.05, 3.63) is 35.0 Å². The minimum absolute atomic E-state index is 0.308. The molecule has 2 rings (SSSR count). The second-order valence-corrected chi connectivity index (χ2v) is 4.24. The summed E-state index contributed by atoms with van der Waals surface area (Å²) in [6.07, 6.45) is 0.934. The van der Waals surface area contributed by atoms with E-state index in [9.17, 15) is 0 Å². The van der Waals surface area contributed by atoms with Gasteiger partial charge in [0.15, 0.2) is 11.0 Å². The summed E-state index contributed by atoms with van der Waals surface area (Å²) in [6, 6.07) is 7.67. The summed E-state index contributed by atoms with van der Waals surface area (Å²) in [4.78, 5) is 0. The number of aromatic nitrogens is 2.